The van der Waals surface area contributed by atoms with Crippen LogP contribution in [0.3, 0.4) is 0 Å². The van der Waals surface area contributed by atoms with Gasteiger partial charge in [0.25, 0.3) is 0 Å². The predicted octanol–water partition coefficient (Wildman–Crippen LogP) is 14.5. The van der Waals surface area contributed by atoms with Gasteiger partial charge in [-0.05, 0) is 34.8 Å². The molecule has 0 aromatic heterocycles. The second kappa shape index (κ2) is 31.9. The molecule has 3 aromatic carbocycles. The van der Waals surface area contributed by atoms with Crippen LogP contribution >= 0.6 is 0 Å². The van der Waals surface area contributed by atoms with E-state index in [0.717, 1.165) is 0 Å². The maximum Gasteiger partial charge on any atom is 0 e. The minimum absolute atomic E-state index is 0. The first-order chi connectivity index (χ1) is 19.9. The monoisotopic (exact) mass is 780 g/mol. The molecule has 2 heteroatoms. The van der Waals surface area contributed by atoms with E-state index >= 15 is 0 Å². The van der Waals surface area contributed by atoms with Crippen molar-refractivity contribution in [1.29, 1.82) is 0 Å². The molecule has 0 saturated carbocycles. The van der Waals surface area contributed by atoms with Crippen LogP contribution < -0.4 is 0 Å². The van der Waals surface area contributed by atoms with Crippen LogP contribution in [0.25, 0.3) is 0 Å². The fourth-order valence-corrected chi connectivity index (χ4v) is 4.52. The predicted molar refractivity (Wildman–Crippen MR) is 196 cm³/mol. The van der Waals surface area contributed by atoms with Crippen LogP contribution in [0.15, 0.2) is 60.7 Å². The standard InChI is InChI=1S/C12H18.2C12H17.3C2H6.2Rh/c3*1-9(2)11-7-5-6-8-12(11)10(3)4;3*1-2;;/h5-10H,1-4H3;2*5,7-10H,1-4H3;3*1-2H3;;/q;2*-1;;;;;. The maximum absolute atomic E-state index is 3.14. The van der Waals surface area contributed by atoms with Gasteiger partial charge in [-0.25, -0.2) is 0 Å². The summed E-state index contributed by atoms with van der Waals surface area (Å²) >= 11 is 0. The molecule has 0 aliphatic rings. The molecule has 0 amide bonds. The van der Waals surface area contributed by atoms with Crippen LogP contribution in [0, 0.1) is 12.1 Å². The van der Waals surface area contributed by atoms with Gasteiger partial charge in [-0.3, -0.25) is 0 Å². The van der Waals surface area contributed by atoms with E-state index in [1.165, 1.54) is 33.4 Å². The van der Waals surface area contributed by atoms with Gasteiger partial charge in [0, 0.05) is 39.0 Å². The Bertz CT molecular complexity index is 801. The molecule has 0 heterocycles. The second-order valence-electron chi connectivity index (χ2n) is 11.7. The first kappa shape index (κ1) is 52.4. The topological polar surface area (TPSA) is 0 Å². The van der Waals surface area contributed by atoms with E-state index < -0.39 is 0 Å². The molecule has 0 nitrogen and oxygen atoms in total. The van der Waals surface area contributed by atoms with Crippen LogP contribution in [-0.2, 0) is 39.0 Å². The van der Waals surface area contributed by atoms with E-state index in [2.05, 4.69) is 144 Å². The van der Waals surface area contributed by atoms with Gasteiger partial charge in [-0.1, -0.05) is 161 Å². The van der Waals surface area contributed by atoms with Crippen molar-refractivity contribution in [1.82, 2.24) is 0 Å². The Labute approximate surface area is 303 Å². The zero-order valence-electron chi connectivity index (χ0n) is 31.9. The van der Waals surface area contributed by atoms with Gasteiger partial charge < -0.3 is 0 Å². The van der Waals surface area contributed by atoms with Crippen LogP contribution in [0.4, 0.5) is 0 Å². The van der Waals surface area contributed by atoms with Crippen LogP contribution in [0.2, 0.25) is 0 Å². The minimum Gasteiger partial charge on any atom is -0.184 e. The molecule has 0 unspecified atom stereocenters. The van der Waals surface area contributed by atoms with Gasteiger partial charge in [0.2, 0.25) is 0 Å². The zero-order valence-corrected chi connectivity index (χ0v) is 35.2. The van der Waals surface area contributed by atoms with E-state index in [1.54, 1.807) is 0 Å². The summed E-state index contributed by atoms with van der Waals surface area (Å²) in [4.78, 5) is 0. The molecule has 0 spiro atoms. The maximum atomic E-state index is 3.14. The molecule has 258 valence electrons. The van der Waals surface area contributed by atoms with Crippen LogP contribution in [0.1, 0.15) is 194 Å². The second-order valence-corrected chi connectivity index (χ2v) is 11.7. The number of benzene rings is 3. The fourth-order valence-electron chi connectivity index (χ4n) is 4.52. The Hall–Kier alpha value is -1.09. The molecule has 44 heavy (non-hydrogen) atoms. The molecule has 0 fully saturated rings. The largest absolute Gasteiger partial charge is 0.184 e. The third-order valence-electron chi connectivity index (χ3n) is 6.59. The van der Waals surface area contributed by atoms with Crippen molar-refractivity contribution in [2.75, 3.05) is 0 Å². The summed E-state index contributed by atoms with van der Waals surface area (Å²) < 4.78 is 0. The van der Waals surface area contributed by atoms with Crippen molar-refractivity contribution in [2.24, 2.45) is 0 Å². The normalized spacial score (nSPS) is 9.55. The minimum atomic E-state index is 0. The van der Waals surface area contributed by atoms with Crippen molar-refractivity contribution in [3.05, 3.63) is 106 Å². The molecule has 0 aliphatic heterocycles. The van der Waals surface area contributed by atoms with E-state index in [9.17, 15) is 0 Å². The Kier molecular flexibility index (Phi) is 38.0. The average molecular weight is 781 g/mol. The van der Waals surface area contributed by atoms with E-state index in [0.29, 0.717) is 35.5 Å². The molecular formula is C42H70Rh2-2. The van der Waals surface area contributed by atoms with Crippen molar-refractivity contribution >= 4 is 0 Å². The average Bonchev–Trinajstić information content (AvgIpc) is 3.00. The summed E-state index contributed by atoms with van der Waals surface area (Å²) in [6.45, 7) is 38.9. The summed E-state index contributed by atoms with van der Waals surface area (Å²) in [5.74, 6) is 3.75. The summed E-state index contributed by atoms with van der Waals surface area (Å²) in [5.41, 5.74) is 8.78. The Morgan fingerprint density at radius 1 is 0.341 bits per heavy atom. The van der Waals surface area contributed by atoms with Gasteiger partial charge in [-0.15, -0.1) is 0 Å². The number of rotatable bonds is 6. The summed E-state index contributed by atoms with van der Waals surface area (Å²) in [5, 5.41) is 0. The zero-order chi connectivity index (χ0) is 33.4. The van der Waals surface area contributed by atoms with Crippen molar-refractivity contribution in [3.63, 3.8) is 0 Å². The van der Waals surface area contributed by atoms with E-state index in [-0.39, 0.29) is 39.0 Å². The molecule has 3 rings (SSSR count). The van der Waals surface area contributed by atoms with Crippen molar-refractivity contribution in [3.8, 4) is 0 Å². The van der Waals surface area contributed by atoms with Gasteiger partial charge in [-0.2, -0.15) is 70.8 Å². The van der Waals surface area contributed by atoms with Crippen LogP contribution in [-0.4, -0.2) is 0 Å². The number of hydrogen-bond acceptors (Lipinski definition) is 0. The van der Waals surface area contributed by atoms with Crippen molar-refractivity contribution < 1.29 is 39.0 Å². The van der Waals surface area contributed by atoms with Gasteiger partial charge >= 0.3 is 0 Å². The van der Waals surface area contributed by atoms with E-state index in [4.69, 9.17) is 0 Å². The molecular weight excluding hydrogens is 710 g/mol. The summed E-state index contributed by atoms with van der Waals surface area (Å²) in [7, 11) is 0. The first-order valence-corrected chi connectivity index (χ1v) is 17.0. The Morgan fingerprint density at radius 3 is 0.727 bits per heavy atom. The third kappa shape index (κ3) is 20.8. The molecule has 0 aliphatic carbocycles. The molecule has 0 saturated heterocycles. The van der Waals surface area contributed by atoms with Gasteiger partial charge in [0.15, 0.2) is 0 Å². The molecule has 0 bridgehead atoms. The number of hydrogen-bond donors (Lipinski definition) is 0. The summed E-state index contributed by atoms with van der Waals surface area (Å²) in [6, 6.07) is 27.6. The van der Waals surface area contributed by atoms with Gasteiger partial charge in [0.05, 0.1) is 0 Å². The molecule has 2 radical (unpaired) electrons. The Balaban J connectivity index is -0.000000156. The van der Waals surface area contributed by atoms with Crippen molar-refractivity contribution in [2.45, 2.75) is 160 Å². The third-order valence-corrected chi connectivity index (χ3v) is 6.59. The van der Waals surface area contributed by atoms with Crippen LogP contribution in [0.5, 0.6) is 0 Å². The molecule has 0 N–H and O–H groups in total. The summed E-state index contributed by atoms with van der Waals surface area (Å²) in [6.07, 6.45) is 0. The van der Waals surface area contributed by atoms with E-state index in [1.807, 2.05) is 53.7 Å². The van der Waals surface area contributed by atoms with Gasteiger partial charge in [0.1, 0.15) is 0 Å². The quantitative estimate of drug-likeness (QED) is 0.173. The molecule has 0 atom stereocenters. The molecule has 3 aromatic rings. The Morgan fingerprint density at radius 2 is 0.545 bits per heavy atom. The first-order valence-electron chi connectivity index (χ1n) is 17.0. The smallest absolute Gasteiger partial charge is 0 e. The fraction of sp³-hybridized carbons (Fsp3) is 0.571. The SMILES string of the molecule is CC.CC.CC.CC(C)c1c[c-]ccc1C(C)C.CC(C)c1c[c-]ccc1C(C)C.CC(C)c1ccccc1C(C)C.[Rh].[Rh].